The highest BCUT2D eigenvalue weighted by molar-refractivity contribution is 6.32. The van der Waals surface area contributed by atoms with E-state index in [1.54, 1.807) is 49.5 Å². The highest BCUT2D eigenvalue weighted by atomic mass is 35.5. The van der Waals surface area contributed by atoms with Crippen molar-refractivity contribution in [3.05, 3.63) is 83.3 Å². The Balaban J connectivity index is 1.26. The summed E-state index contributed by atoms with van der Waals surface area (Å²) in [7, 11) is 1.40. The average Bonchev–Trinajstić information content (AvgIpc) is 3.38. The molecule has 0 radical (unpaired) electrons. The quantitative estimate of drug-likeness (QED) is 0.126. The number of ether oxygens (including phenoxy) is 2. The Morgan fingerprint density at radius 3 is 2.69 bits per heavy atom. The fraction of sp³-hybridized carbons (Fsp3) is 0.0769. The molecule has 0 saturated heterocycles. The number of anilines is 4. The van der Waals surface area contributed by atoms with Crippen LogP contribution in [-0.4, -0.2) is 44.2 Å². The molecule has 3 heterocycles. The summed E-state index contributed by atoms with van der Waals surface area (Å²) in [6.45, 7) is 1.79. The number of aryl methyl sites for hydroxylation is 1. The minimum Gasteiger partial charge on any atom is -0.480 e. The van der Waals surface area contributed by atoms with E-state index in [1.165, 1.54) is 7.11 Å². The van der Waals surface area contributed by atoms with Crippen molar-refractivity contribution in [2.24, 2.45) is 0 Å². The Bertz CT molecular complexity index is 1680. The van der Waals surface area contributed by atoms with Gasteiger partial charge in [0.2, 0.25) is 5.90 Å². The van der Waals surface area contributed by atoms with E-state index in [-0.39, 0.29) is 16.9 Å². The molecule has 5 N–H and O–H groups in total. The van der Waals surface area contributed by atoms with Crippen molar-refractivity contribution >= 4 is 57.4 Å². The van der Waals surface area contributed by atoms with E-state index >= 15 is 0 Å². The van der Waals surface area contributed by atoms with Gasteiger partial charge in [0.15, 0.2) is 5.82 Å². The van der Waals surface area contributed by atoms with Crippen molar-refractivity contribution in [3.63, 3.8) is 0 Å². The second-order valence-electron chi connectivity index (χ2n) is 8.21. The van der Waals surface area contributed by atoms with Gasteiger partial charge in [-0.1, -0.05) is 29.8 Å². The summed E-state index contributed by atoms with van der Waals surface area (Å²) >= 11 is 6.43. The topological polar surface area (TPSA) is 163 Å². The average molecular weight is 544 g/mol. The zero-order valence-corrected chi connectivity index (χ0v) is 21.5. The largest absolute Gasteiger partial charge is 0.480 e. The predicted octanol–water partition coefficient (Wildman–Crippen LogP) is 5.86. The van der Waals surface area contributed by atoms with E-state index in [0.29, 0.717) is 45.7 Å². The number of fused-ring (bicyclic) bond motifs is 1. The first-order valence-electron chi connectivity index (χ1n) is 11.6. The third-order valence-corrected chi connectivity index (χ3v) is 5.68. The van der Waals surface area contributed by atoms with Crippen LogP contribution in [0.15, 0.2) is 66.9 Å². The zero-order valence-electron chi connectivity index (χ0n) is 20.7. The van der Waals surface area contributed by atoms with Crippen LogP contribution in [-0.2, 0) is 4.74 Å². The van der Waals surface area contributed by atoms with Gasteiger partial charge in [-0.05, 0) is 37.3 Å². The van der Waals surface area contributed by atoms with E-state index in [4.69, 9.17) is 26.5 Å². The van der Waals surface area contributed by atoms with Crippen molar-refractivity contribution < 1.29 is 14.3 Å². The summed E-state index contributed by atoms with van der Waals surface area (Å²) in [5.41, 5.74) is 2.77. The van der Waals surface area contributed by atoms with Crippen LogP contribution in [0.2, 0.25) is 5.02 Å². The van der Waals surface area contributed by atoms with Crippen molar-refractivity contribution in [1.82, 2.24) is 25.1 Å². The summed E-state index contributed by atoms with van der Waals surface area (Å²) < 4.78 is 10.7. The predicted molar refractivity (Wildman–Crippen MR) is 148 cm³/mol. The molecule has 0 atom stereocenters. The number of benzene rings is 2. The number of hydrogen-bond donors (Lipinski definition) is 5. The van der Waals surface area contributed by atoms with Crippen LogP contribution in [0.1, 0.15) is 11.4 Å². The molecular formula is C26H22ClN9O3. The van der Waals surface area contributed by atoms with E-state index in [2.05, 4.69) is 41.1 Å². The molecule has 0 aliphatic heterocycles. The molecule has 39 heavy (non-hydrogen) atoms. The van der Waals surface area contributed by atoms with Crippen molar-refractivity contribution in [2.45, 2.75) is 6.92 Å². The maximum Gasteiger partial charge on any atom is 0.324 e. The number of amides is 2. The van der Waals surface area contributed by atoms with E-state index in [0.717, 1.165) is 5.39 Å². The number of hydrogen-bond acceptors (Lipinski definition) is 9. The number of carbonyl (C=O) groups excluding carboxylic acids is 1. The van der Waals surface area contributed by atoms with Gasteiger partial charge in [-0.25, -0.2) is 9.78 Å². The number of para-hydroxylation sites is 1. The lowest BCUT2D eigenvalue weighted by molar-refractivity contribution is 0.262. The number of H-pyrrole nitrogens is 1. The number of nitrogens with zero attached hydrogens (tertiary/aromatic N) is 4. The normalized spacial score (nSPS) is 10.6. The molecule has 0 fully saturated rings. The fourth-order valence-electron chi connectivity index (χ4n) is 3.64. The molecule has 3 aromatic heterocycles. The number of nitrogens with one attached hydrogen (secondary N) is 5. The molecule has 196 valence electrons. The Morgan fingerprint density at radius 1 is 1.03 bits per heavy atom. The summed E-state index contributed by atoms with van der Waals surface area (Å²) in [5, 5.41) is 24.3. The minimum atomic E-state index is -0.446. The first kappa shape index (κ1) is 25.4. The number of carbonyl (C=O) groups is 1. The molecule has 0 saturated carbocycles. The van der Waals surface area contributed by atoms with Crippen LogP contribution in [0, 0.1) is 12.3 Å². The first-order valence-corrected chi connectivity index (χ1v) is 12.0. The molecule has 0 bridgehead atoms. The number of aromatic nitrogens is 5. The summed E-state index contributed by atoms with van der Waals surface area (Å²) in [6, 6.07) is 17.0. The third kappa shape index (κ3) is 6.02. The zero-order chi connectivity index (χ0) is 27.4. The molecule has 0 aliphatic carbocycles. The summed E-state index contributed by atoms with van der Waals surface area (Å²) in [6.07, 6.45) is 1.67. The van der Waals surface area contributed by atoms with Gasteiger partial charge in [0.1, 0.15) is 17.3 Å². The minimum absolute atomic E-state index is 0.0472. The van der Waals surface area contributed by atoms with Gasteiger partial charge < -0.3 is 25.4 Å². The summed E-state index contributed by atoms with van der Waals surface area (Å²) in [4.78, 5) is 25.6. The lowest BCUT2D eigenvalue weighted by Crippen LogP contribution is -2.19. The number of aromatic amines is 1. The van der Waals surface area contributed by atoms with Crippen LogP contribution < -0.4 is 20.7 Å². The molecular weight excluding hydrogens is 522 g/mol. The van der Waals surface area contributed by atoms with Crippen LogP contribution in [0.3, 0.4) is 0 Å². The fourth-order valence-corrected chi connectivity index (χ4v) is 3.86. The van der Waals surface area contributed by atoms with E-state index in [1.807, 2.05) is 24.3 Å². The molecule has 5 aromatic rings. The lowest BCUT2D eigenvalue weighted by atomic mass is 10.2. The van der Waals surface area contributed by atoms with Crippen LogP contribution in [0.25, 0.3) is 10.9 Å². The highest BCUT2D eigenvalue weighted by Gasteiger charge is 2.13. The smallest absolute Gasteiger partial charge is 0.324 e. The molecule has 13 heteroatoms. The maximum absolute atomic E-state index is 12.6. The standard InChI is InChI=1S/C26H22ClN9O3/c1-14-11-21(33-22-13-19(35-36-22)24(28)38-2)34-26(30-14)39-20-9-8-16(12-17(20)27)31-25(37)32-18-7-3-5-15-6-4-10-29-23(15)18/h3-13,28H,1-2H3,(H2,31,32,37)(H2,30,33,34,35,36). The third-order valence-electron chi connectivity index (χ3n) is 5.39. The Kier molecular flexibility index (Phi) is 7.19. The van der Waals surface area contributed by atoms with Gasteiger partial charge in [0.05, 0.1) is 23.3 Å². The lowest BCUT2D eigenvalue weighted by Gasteiger charge is -2.12. The number of methoxy groups -OCH3 is 1. The number of urea groups is 1. The molecule has 5 rings (SSSR count). The van der Waals surface area contributed by atoms with Crippen LogP contribution >= 0.6 is 11.6 Å². The van der Waals surface area contributed by atoms with Crippen molar-refractivity contribution in [2.75, 3.05) is 23.1 Å². The Labute approximate surface area is 227 Å². The van der Waals surface area contributed by atoms with Gasteiger partial charge in [0.25, 0.3) is 0 Å². The van der Waals surface area contributed by atoms with Crippen molar-refractivity contribution in [1.29, 1.82) is 5.41 Å². The number of halogens is 1. The van der Waals surface area contributed by atoms with E-state index in [9.17, 15) is 4.79 Å². The van der Waals surface area contributed by atoms with Gasteiger partial charge in [-0.2, -0.15) is 10.1 Å². The molecule has 0 aliphatic rings. The van der Waals surface area contributed by atoms with Crippen LogP contribution in [0.4, 0.5) is 27.8 Å². The second-order valence-corrected chi connectivity index (χ2v) is 8.62. The van der Waals surface area contributed by atoms with Crippen LogP contribution in [0.5, 0.6) is 11.8 Å². The molecule has 12 nitrogen and oxygen atoms in total. The first-order chi connectivity index (χ1) is 18.9. The SMILES string of the molecule is COC(=N)c1cc(Nc2cc(C)nc(Oc3ccc(NC(=O)Nc4cccc5cccnc45)cc3Cl)n2)n[nH]1. The molecule has 2 aromatic carbocycles. The number of pyridine rings is 1. The molecule has 2 amide bonds. The van der Waals surface area contributed by atoms with Gasteiger partial charge >= 0.3 is 12.0 Å². The number of rotatable bonds is 7. The monoisotopic (exact) mass is 543 g/mol. The molecule has 0 spiro atoms. The van der Waals surface area contributed by atoms with Crippen molar-refractivity contribution in [3.8, 4) is 11.8 Å². The van der Waals surface area contributed by atoms with Gasteiger partial charge in [-0.15, -0.1) is 0 Å². The van der Waals surface area contributed by atoms with Gasteiger partial charge in [0, 0.05) is 35.1 Å². The highest BCUT2D eigenvalue weighted by Crippen LogP contribution is 2.31. The van der Waals surface area contributed by atoms with Gasteiger partial charge in [-0.3, -0.25) is 15.5 Å². The molecule has 0 unspecified atom stereocenters. The van der Waals surface area contributed by atoms with E-state index < -0.39 is 6.03 Å². The Morgan fingerprint density at radius 2 is 1.87 bits per heavy atom. The second kappa shape index (κ2) is 11.0. The Hall–Kier alpha value is -5.23. The summed E-state index contributed by atoms with van der Waals surface area (Å²) in [5.74, 6) is 1.11. The maximum atomic E-state index is 12.6.